The van der Waals surface area contributed by atoms with Gasteiger partial charge in [-0.2, -0.15) is 0 Å². The van der Waals surface area contributed by atoms with E-state index >= 15 is 0 Å². The van der Waals surface area contributed by atoms with Gasteiger partial charge in [-0.3, -0.25) is 4.98 Å². The maximum Gasteiger partial charge on any atom is 0.130 e. The van der Waals surface area contributed by atoms with E-state index in [0.29, 0.717) is 0 Å². The van der Waals surface area contributed by atoms with Crippen molar-refractivity contribution in [3.8, 4) is 11.1 Å². The topological polar surface area (TPSA) is 21.1 Å². The maximum atomic E-state index is 4.45. The number of nitrogens with zero attached hydrogens (tertiary/aromatic N) is 3. The van der Waals surface area contributed by atoms with Gasteiger partial charge in [0.1, 0.15) is 5.95 Å². The predicted molar refractivity (Wildman–Crippen MR) is 84.9 cm³/mol. The third kappa shape index (κ3) is 2.31. The van der Waals surface area contributed by atoms with Gasteiger partial charge in [0.2, 0.25) is 0 Å². The molecule has 0 unspecified atom stereocenters. The van der Waals surface area contributed by atoms with Crippen molar-refractivity contribution in [2.45, 2.75) is 0 Å². The van der Waals surface area contributed by atoms with Crippen LogP contribution in [0.1, 0.15) is 5.56 Å². The Labute approximate surface area is 143 Å². The SMILES string of the molecule is Cn1ccnc1N1[C-]=Cc2ccccc2-c2ccccc21.[Ir]. The van der Waals surface area contributed by atoms with E-state index in [0.717, 1.165) is 11.6 Å². The summed E-state index contributed by atoms with van der Waals surface area (Å²) in [6, 6.07) is 16.7. The van der Waals surface area contributed by atoms with Crippen molar-refractivity contribution in [1.29, 1.82) is 0 Å². The van der Waals surface area contributed by atoms with Crippen molar-refractivity contribution in [3.05, 3.63) is 72.7 Å². The van der Waals surface area contributed by atoms with Gasteiger partial charge < -0.3 is 9.47 Å². The first-order valence-corrected chi connectivity index (χ1v) is 6.90. The van der Waals surface area contributed by atoms with Gasteiger partial charge >= 0.3 is 0 Å². The molecule has 0 N–H and O–H groups in total. The molecule has 0 bridgehead atoms. The van der Waals surface area contributed by atoms with Crippen LogP contribution in [0.15, 0.2) is 60.9 Å². The fraction of sp³-hybridized carbons (Fsp3) is 0.0556. The second-order valence-corrected chi connectivity index (χ2v) is 5.05. The van der Waals surface area contributed by atoms with Crippen molar-refractivity contribution >= 4 is 17.7 Å². The second-order valence-electron chi connectivity index (χ2n) is 5.05. The molecule has 1 aromatic heterocycles. The molecule has 4 rings (SSSR count). The monoisotopic (exact) mass is 465 g/mol. The first-order chi connectivity index (χ1) is 10.3. The van der Waals surface area contributed by atoms with Crippen LogP contribution in [-0.4, -0.2) is 9.55 Å². The van der Waals surface area contributed by atoms with Crippen molar-refractivity contribution < 1.29 is 20.1 Å². The van der Waals surface area contributed by atoms with Gasteiger partial charge in [0.25, 0.3) is 0 Å². The number of rotatable bonds is 1. The third-order valence-corrected chi connectivity index (χ3v) is 3.74. The summed E-state index contributed by atoms with van der Waals surface area (Å²) in [4.78, 5) is 6.46. The van der Waals surface area contributed by atoms with E-state index in [1.54, 1.807) is 6.20 Å². The molecule has 1 aliphatic heterocycles. The van der Waals surface area contributed by atoms with Gasteiger partial charge in [-0.05, 0) is 11.3 Å². The van der Waals surface area contributed by atoms with Gasteiger partial charge in [-0.1, -0.05) is 65.9 Å². The molecule has 0 aliphatic carbocycles. The molecular weight excluding hydrogens is 450 g/mol. The molecule has 111 valence electrons. The quantitative estimate of drug-likeness (QED) is 0.508. The van der Waals surface area contributed by atoms with E-state index in [9.17, 15) is 0 Å². The summed E-state index contributed by atoms with van der Waals surface area (Å²) in [5.74, 6) is 0.853. The van der Waals surface area contributed by atoms with Crippen molar-refractivity contribution in [2.24, 2.45) is 7.05 Å². The van der Waals surface area contributed by atoms with Gasteiger partial charge in [-0.25, -0.2) is 0 Å². The largest absolute Gasteiger partial charge is 0.407 e. The predicted octanol–water partition coefficient (Wildman–Crippen LogP) is 4.01. The van der Waals surface area contributed by atoms with Crippen molar-refractivity contribution in [3.63, 3.8) is 0 Å². The Morgan fingerprint density at radius 2 is 1.68 bits per heavy atom. The number of hydrogen-bond acceptors (Lipinski definition) is 2. The summed E-state index contributed by atoms with van der Waals surface area (Å²) in [5, 5.41) is 0. The zero-order chi connectivity index (χ0) is 14.2. The van der Waals surface area contributed by atoms with Crippen LogP contribution in [0.3, 0.4) is 0 Å². The summed E-state index contributed by atoms with van der Waals surface area (Å²) in [6.45, 7) is 0. The zero-order valence-electron chi connectivity index (χ0n) is 12.0. The minimum absolute atomic E-state index is 0. The molecule has 22 heavy (non-hydrogen) atoms. The molecule has 0 spiro atoms. The Hall–Kier alpha value is -2.16. The number of aryl methyl sites for hydroxylation is 1. The van der Waals surface area contributed by atoms with Gasteiger partial charge in [0, 0.05) is 39.5 Å². The van der Waals surface area contributed by atoms with Crippen molar-refractivity contribution in [1.82, 2.24) is 9.55 Å². The molecule has 4 heteroatoms. The Kier molecular flexibility index (Phi) is 3.97. The number of hydrogen-bond donors (Lipinski definition) is 0. The standard InChI is InChI=1S/C18H14N3.Ir/c1-20-13-11-19-18(20)21-12-10-14-6-2-3-7-15(14)16-8-4-5-9-17(16)21;/h2-11,13H,1H3;/q-1;. The van der Waals surface area contributed by atoms with E-state index in [4.69, 9.17) is 0 Å². The molecule has 0 atom stereocenters. The Balaban J connectivity index is 0.00000144. The summed E-state index contributed by atoms with van der Waals surface area (Å²) >= 11 is 0. The third-order valence-electron chi connectivity index (χ3n) is 3.74. The normalized spacial score (nSPS) is 12.1. The smallest absolute Gasteiger partial charge is 0.130 e. The molecule has 0 saturated carbocycles. The van der Waals surface area contributed by atoms with Crippen LogP contribution < -0.4 is 4.90 Å². The molecule has 0 amide bonds. The minimum atomic E-state index is 0. The van der Waals surface area contributed by atoms with Crippen LogP contribution >= 0.6 is 0 Å². The van der Waals surface area contributed by atoms with E-state index in [2.05, 4.69) is 53.6 Å². The first kappa shape index (κ1) is 14.8. The van der Waals surface area contributed by atoms with Gasteiger partial charge in [0.05, 0.1) is 0 Å². The molecule has 3 nitrogen and oxygen atoms in total. The average Bonchev–Trinajstić information content (AvgIpc) is 2.87. The van der Waals surface area contributed by atoms with Crippen LogP contribution in [0.4, 0.5) is 11.6 Å². The number of benzene rings is 2. The molecule has 3 aromatic rings. The summed E-state index contributed by atoms with van der Waals surface area (Å²) in [5.41, 5.74) is 4.67. The van der Waals surface area contributed by atoms with Crippen LogP contribution in [0.25, 0.3) is 17.2 Å². The van der Waals surface area contributed by atoms with Crippen LogP contribution in [0, 0.1) is 6.20 Å². The molecule has 2 heterocycles. The van der Waals surface area contributed by atoms with E-state index < -0.39 is 0 Å². The van der Waals surface area contributed by atoms with Crippen LogP contribution in [0.2, 0.25) is 0 Å². The fourth-order valence-electron chi connectivity index (χ4n) is 2.71. The van der Waals surface area contributed by atoms with E-state index in [1.165, 1.54) is 16.7 Å². The number of imidazole rings is 1. The second kappa shape index (κ2) is 5.91. The number of para-hydroxylation sites is 1. The first-order valence-electron chi connectivity index (χ1n) is 6.90. The molecule has 2 aromatic carbocycles. The number of aromatic nitrogens is 2. The minimum Gasteiger partial charge on any atom is -0.407 e. The Morgan fingerprint density at radius 3 is 2.45 bits per heavy atom. The van der Waals surface area contributed by atoms with E-state index in [-0.39, 0.29) is 20.1 Å². The molecule has 0 saturated heterocycles. The maximum absolute atomic E-state index is 4.45. The summed E-state index contributed by atoms with van der Waals surface area (Å²) in [6.07, 6.45) is 9.13. The fourth-order valence-corrected chi connectivity index (χ4v) is 2.71. The molecule has 0 fully saturated rings. The van der Waals surface area contributed by atoms with Crippen molar-refractivity contribution in [2.75, 3.05) is 4.90 Å². The van der Waals surface area contributed by atoms with E-state index in [1.807, 2.05) is 34.9 Å². The number of fused-ring (bicyclic) bond motifs is 3. The molecular formula is C18H14IrN3-. The Morgan fingerprint density at radius 1 is 0.955 bits per heavy atom. The van der Waals surface area contributed by atoms with Crippen LogP contribution in [-0.2, 0) is 27.2 Å². The average molecular weight is 465 g/mol. The Bertz CT molecular complexity index is 836. The van der Waals surface area contributed by atoms with Crippen LogP contribution in [0.5, 0.6) is 0 Å². The molecule has 1 aliphatic rings. The summed E-state index contributed by atoms with van der Waals surface area (Å²) < 4.78 is 1.99. The summed E-state index contributed by atoms with van der Waals surface area (Å²) in [7, 11) is 1.99. The van der Waals surface area contributed by atoms with Gasteiger partial charge in [-0.15, -0.1) is 6.08 Å². The van der Waals surface area contributed by atoms with Gasteiger partial charge in [0.15, 0.2) is 0 Å². The zero-order valence-corrected chi connectivity index (χ0v) is 14.4. The number of anilines is 2. The molecule has 1 radical (unpaired) electrons.